The quantitative estimate of drug-likeness (QED) is 0.709. The molecule has 0 aliphatic heterocycles. The van der Waals surface area contributed by atoms with Crippen LogP contribution in [-0.4, -0.2) is 23.2 Å². The zero-order valence-corrected chi connectivity index (χ0v) is 12.7. The zero-order chi connectivity index (χ0) is 16.8. The summed E-state index contributed by atoms with van der Waals surface area (Å²) in [5.74, 6) is 1.17. The van der Waals surface area contributed by atoms with Gasteiger partial charge in [0.15, 0.2) is 0 Å². The minimum absolute atomic E-state index is 0.354. The van der Waals surface area contributed by atoms with Crippen molar-refractivity contribution in [2.75, 3.05) is 11.9 Å². The van der Waals surface area contributed by atoms with Crippen molar-refractivity contribution in [2.24, 2.45) is 0 Å². The van der Waals surface area contributed by atoms with Gasteiger partial charge < -0.3 is 14.6 Å². The standard InChI is InChI=1S/C17H15F2N3O2/c18-15(19)11-23-14-8-4-5-12(9-14)10-20-17-21-16(24-22-17)13-6-2-1-3-7-13/h1-9,15H,10-11H2,(H,20,22). The third-order valence-electron chi connectivity index (χ3n) is 3.17. The highest BCUT2D eigenvalue weighted by molar-refractivity contribution is 5.53. The van der Waals surface area contributed by atoms with Gasteiger partial charge in [-0.05, 0) is 35.0 Å². The van der Waals surface area contributed by atoms with E-state index in [9.17, 15) is 8.78 Å². The van der Waals surface area contributed by atoms with E-state index in [1.54, 1.807) is 18.2 Å². The van der Waals surface area contributed by atoms with E-state index in [1.165, 1.54) is 0 Å². The lowest BCUT2D eigenvalue weighted by atomic mass is 10.2. The Morgan fingerprint density at radius 3 is 2.71 bits per heavy atom. The van der Waals surface area contributed by atoms with Crippen molar-refractivity contribution < 1.29 is 18.0 Å². The van der Waals surface area contributed by atoms with E-state index < -0.39 is 13.0 Å². The molecule has 0 spiro atoms. The molecule has 1 aromatic heterocycles. The molecule has 0 aliphatic carbocycles. The molecule has 24 heavy (non-hydrogen) atoms. The molecule has 0 radical (unpaired) electrons. The topological polar surface area (TPSA) is 60.2 Å². The second-order valence-electron chi connectivity index (χ2n) is 4.99. The van der Waals surface area contributed by atoms with E-state index in [2.05, 4.69) is 15.5 Å². The number of aromatic nitrogens is 2. The van der Waals surface area contributed by atoms with E-state index in [1.807, 2.05) is 36.4 Å². The van der Waals surface area contributed by atoms with Crippen LogP contribution in [0.4, 0.5) is 14.7 Å². The molecule has 0 atom stereocenters. The molecule has 0 saturated carbocycles. The van der Waals surface area contributed by atoms with Gasteiger partial charge in [-0.25, -0.2) is 8.78 Å². The summed E-state index contributed by atoms with van der Waals surface area (Å²) < 4.78 is 34.5. The molecule has 0 saturated heterocycles. The summed E-state index contributed by atoms with van der Waals surface area (Å²) in [5.41, 5.74) is 1.69. The molecule has 1 heterocycles. The van der Waals surface area contributed by atoms with Gasteiger partial charge in [0, 0.05) is 12.1 Å². The van der Waals surface area contributed by atoms with Crippen molar-refractivity contribution in [3.05, 3.63) is 60.2 Å². The van der Waals surface area contributed by atoms with Crippen molar-refractivity contribution in [2.45, 2.75) is 13.0 Å². The molecule has 5 nitrogen and oxygen atoms in total. The van der Waals surface area contributed by atoms with Gasteiger partial charge in [-0.1, -0.05) is 30.3 Å². The maximum Gasteiger partial charge on any atom is 0.272 e. The predicted molar refractivity (Wildman–Crippen MR) is 85.0 cm³/mol. The molecule has 3 aromatic rings. The number of nitrogens with zero attached hydrogens (tertiary/aromatic N) is 2. The maximum absolute atomic E-state index is 12.2. The van der Waals surface area contributed by atoms with Crippen molar-refractivity contribution in [1.82, 2.24) is 10.1 Å². The molecule has 2 aromatic carbocycles. The minimum atomic E-state index is -2.50. The van der Waals surface area contributed by atoms with Gasteiger partial charge in [-0.3, -0.25) is 0 Å². The van der Waals surface area contributed by atoms with Crippen LogP contribution in [0.25, 0.3) is 11.5 Å². The van der Waals surface area contributed by atoms with Gasteiger partial charge in [0.25, 0.3) is 18.3 Å². The maximum atomic E-state index is 12.2. The summed E-state index contributed by atoms with van der Waals surface area (Å²) in [4.78, 5) is 4.26. The van der Waals surface area contributed by atoms with Crippen LogP contribution in [0.2, 0.25) is 0 Å². The van der Waals surface area contributed by atoms with E-state index in [-0.39, 0.29) is 0 Å². The molecule has 0 amide bonds. The van der Waals surface area contributed by atoms with E-state index in [0.717, 1.165) is 11.1 Å². The van der Waals surface area contributed by atoms with Crippen LogP contribution in [0.3, 0.4) is 0 Å². The third kappa shape index (κ3) is 4.28. The van der Waals surface area contributed by atoms with Crippen LogP contribution in [0.1, 0.15) is 5.56 Å². The lowest BCUT2D eigenvalue weighted by Crippen LogP contribution is -2.07. The minimum Gasteiger partial charge on any atom is -0.488 e. The van der Waals surface area contributed by atoms with Gasteiger partial charge in [0.1, 0.15) is 12.4 Å². The number of rotatable bonds is 7. The Kier molecular flexibility index (Phi) is 5.00. The lowest BCUT2D eigenvalue weighted by Gasteiger charge is -2.07. The number of nitrogens with one attached hydrogen (secondary N) is 1. The highest BCUT2D eigenvalue weighted by Crippen LogP contribution is 2.19. The van der Waals surface area contributed by atoms with E-state index in [0.29, 0.717) is 24.1 Å². The molecule has 0 unspecified atom stereocenters. The van der Waals surface area contributed by atoms with Crippen molar-refractivity contribution in [3.8, 4) is 17.2 Å². The lowest BCUT2D eigenvalue weighted by molar-refractivity contribution is 0.0818. The van der Waals surface area contributed by atoms with E-state index >= 15 is 0 Å². The molecular weight excluding hydrogens is 316 g/mol. The first kappa shape index (κ1) is 15.9. The monoisotopic (exact) mass is 331 g/mol. The molecule has 0 bridgehead atoms. The summed E-state index contributed by atoms with van der Waals surface area (Å²) >= 11 is 0. The van der Waals surface area contributed by atoms with Crippen molar-refractivity contribution >= 4 is 5.95 Å². The first-order chi connectivity index (χ1) is 11.7. The summed E-state index contributed by atoms with van der Waals surface area (Å²) in [7, 11) is 0. The number of ether oxygens (including phenoxy) is 1. The number of hydrogen-bond donors (Lipinski definition) is 1. The van der Waals surface area contributed by atoms with Gasteiger partial charge in [-0.2, -0.15) is 4.98 Å². The molecule has 3 rings (SSSR count). The highest BCUT2D eigenvalue weighted by atomic mass is 19.3. The average Bonchev–Trinajstić information content (AvgIpc) is 3.08. The number of benzene rings is 2. The molecular formula is C17H15F2N3O2. The molecule has 0 fully saturated rings. The SMILES string of the molecule is FC(F)COc1cccc(CNc2noc(-c3ccccc3)n2)c1. The smallest absolute Gasteiger partial charge is 0.272 e. The van der Waals surface area contributed by atoms with Crippen LogP contribution in [-0.2, 0) is 6.54 Å². The van der Waals surface area contributed by atoms with Crippen LogP contribution in [0.5, 0.6) is 5.75 Å². The summed E-state index contributed by atoms with van der Waals surface area (Å²) in [6.45, 7) is -0.207. The van der Waals surface area contributed by atoms with Crippen LogP contribution in [0.15, 0.2) is 59.1 Å². The second-order valence-corrected chi connectivity index (χ2v) is 4.99. The Balaban J connectivity index is 1.60. The number of alkyl halides is 2. The largest absolute Gasteiger partial charge is 0.488 e. The first-order valence-electron chi connectivity index (χ1n) is 7.33. The molecule has 1 N–H and O–H groups in total. The second kappa shape index (κ2) is 7.54. The fourth-order valence-electron chi connectivity index (χ4n) is 2.08. The average molecular weight is 331 g/mol. The van der Waals surface area contributed by atoms with Crippen LogP contribution < -0.4 is 10.1 Å². The van der Waals surface area contributed by atoms with E-state index in [4.69, 9.17) is 9.26 Å². The Hall–Kier alpha value is -2.96. The summed E-state index contributed by atoms with van der Waals surface area (Å²) in [6.07, 6.45) is -2.50. The summed E-state index contributed by atoms with van der Waals surface area (Å²) in [6, 6.07) is 16.3. The number of halogens is 2. The first-order valence-corrected chi connectivity index (χ1v) is 7.33. The predicted octanol–water partition coefficient (Wildman–Crippen LogP) is 3.99. The van der Waals surface area contributed by atoms with Gasteiger partial charge in [-0.15, -0.1) is 0 Å². The Morgan fingerprint density at radius 2 is 1.92 bits per heavy atom. The fraction of sp³-hybridized carbons (Fsp3) is 0.176. The van der Waals surface area contributed by atoms with Gasteiger partial charge in [0.2, 0.25) is 0 Å². The Bertz CT molecular complexity index is 778. The summed E-state index contributed by atoms with van der Waals surface area (Å²) in [5, 5.41) is 6.89. The molecule has 7 heteroatoms. The normalized spacial score (nSPS) is 10.8. The zero-order valence-electron chi connectivity index (χ0n) is 12.7. The third-order valence-corrected chi connectivity index (χ3v) is 3.17. The van der Waals surface area contributed by atoms with Crippen LogP contribution in [0, 0.1) is 0 Å². The highest BCUT2D eigenvalue weighted by Gasteiger charge is 2.08. The molecule has 124 valence electrons. The van der Waals surface area contributed by atoms with Crippen molar-refractivity contribution in [1.29, 1.82) is 0 Å². The van der Waals surface area contributed by atoms with Crippen LogP contribution >= 0.6 is 0 Å². The number of hydrogen-bond acceptors (Lipinski definition) is 5. The van der Waals surface area contributed by atoms with Gasteiger partial charge >= 0.3 is 0 Å². The van der Waals surface area contributed by atoms with Gasteiger partial charge in [0.05, 0.1) is 0 Å². The van der Waals surface area contributed by atoms with Crippen molar-refractivity contribution in [3.63, 3.8) is 0 Å². The fourth-order valence-corrected chi connectivity index (χ4v) is 2.08. The Labute approximate surface area is 137 Å². The number of anilines is 1. The molecule has 0 aliphatic rings. The Morgan fingerprint density at radius 1 is 1.08 bits per heavy atom.